The average molecular weight is 354 g/mol. The molecule has 5 heteroatoms. The van der Waals surface area contributed by atoms with Crippen LogP contribution in [0.1, 0.15) is 38.3 Å². The van der Waals surface area contributed by atoms with E-state index in [1.54, 1.807) is 0 Å². The summed E-state index contributed by atoms with van der Waals surface area (Å²) in [6, 6.07) is 8.95. The predicted molar refractivity (Wildman–Crippen MR) is 97.2 cm³/mol. The lowest BCUT2D eigenvalue weighted by atomic mass is 9.96. The van der Waals surface area contributed by atoms with Gasteiger partial charge in [-0.2, -0.15) is 0 Å². The molecule has 0 spiro atoms. The van der Waals surface area contributed by atoms with E-state index >= 15 is 0 Å². The third kappa shape index (κ3) is 6.75. The van der Waals surface area contributed by atoms with Gasteiger partial charge < -0.3 is 5.32 Å². The van der Waals surface area contributed by atoms with E-state index in [0.29, 0.717) is 6.04 Å². The van der Waals surface area contributed by atoms with E-state index in [4.69, 9.17) is 11.6 Å². The molecule has 122 valence electrons. The Labute approximate surface area is 146 Å². The van der Waals surface area contributed by atoms with E-state index in [1.807, 2.05) is 12.1 Å². The van der Waals surface area contributed by atoms with Crippen LogP contribution in [0.4, 0.5) is 0 Å². The van der Waals surface area contributed by atoms with Crippen LogP contribution in [-0.2, 0) is 0 Å². The molecule has 0 amide bonds. The normalized spacial score (nSPS) is 17.0. The fourth-order valence-electron chi connectivity index (χ4n) is 2.73. The van der Waals surface area contributed by atoms with E-state index in [0.717, 1.165) is 37.1 Å². The Hall–Kier alpha value is 0.01000. The first-order valence-corrected chi connectivity index (χ1v) is 7.75. The average Bonchev–Trinajstić information content (AvgIpc) is 2.42. The zero-order valence-corrected chi connectivity index (χ0v) is 15.2. The van der Waals surface area contributed by atoms with Crippen LogP contribution in [0.25, 0.3) is 0 Å². The van der Waals surface area contributed by atoms with Crippen molar-refractivity contribution in [2.24, 2.45) is 5.92 Å². The summed E-state index contributed by atoms with van der Waals surface area (Å²) in [6.07, 6.45) is 2.51. The van der Waals surface area contributed by atoms with Crippen molar-refractivity contribution in [3.8, 4) is 0 Å². The Kier molecular flexibility index (Phi) is 10.7. The van der Waals surface area contributed by atoms with Gasteiger partial charge in [-0.15, -0.1) is 24.8 Å². The minimum absolute atomic E-state index is 0. The van der Waals surface area contributed by atoms with Crippen molar-refractivity contribution < 1.29 is 0 Å². The van der Waals surface area contributed by atoms with E-state index in [2.05, 4.69) is 36.2 Å². The third-order valence-electron chi connectivity index (χ3n) is 3.86. The number of nitrogens with zero attached hydrogens (tertiary/aromatic N) is 1. The molecule has 1 N–H and O–H groups in total. The SMILES string of the molecule is CC(C)CC[C@H](c1ccc(Cl)cc1)N1CCNCC1.Cl.Cl. The maximum Gasteiger partial charge on any atom is 0.0406 e. The molecule has 1 aromatic carbocycles. The van der Waals surface area contributed by atoms with Gasteiger partial charge in [-0.3, -0.25) is 4.90 Å². The molecule has 0 unspecified atom stereocenters. The highest BCUT2D eigenvalue weighted by molar-refractivity contribution is 6.30. The number of halogens is 3. The van der Waals surface area contributed by atoms with E-state index in [1.165, 1.54) is 18.4 Å². The summed E-state index contributed by atoms with van der Waals surface area (Å²) in [6.45, 7) is 9.10. The minimum Gasteiger partial charge on any atom is -0.314 e. The zero-order valence-electron chi connectivity index (χ0n) is 12.8. The molecule has 1 aromatic rings. The summed E-state index contributed by atoms with van der Waals surface area (Å²) in [5.74, 6) is 0.762. The summed E-state index contributed by atoms with van der Waals surface area (Å²) < 4.78 is 0. The smallest absolute Gasteiger partial charge is 0.0406 e. The number of nitrogens with one attached hydrogen (secondary N) is 1. The van der Waals surface area contributed by atoms with Gasteiger partial charge in [-0.05, 0) is 36.5 Å². The van der Waals surface area contributed by atoms with Crippen molar-refractivity contribution in [3.63, 3.8) is 0 Å². The number of piperazine rings is 1. The zero-order chi connectivity index (χ0) is 13.7. The molecule has 21 heavy (non-hydrogen) atoms. The van der Waals surface area contributed by atoms with Crippen LogP contribution < -0.4 is 5.32 Å². The van der Waals surface area contributed by atoms with Gasteiger partial charge in [0.25, 0.3) is 0 Å². The summed E-state index contributed by atoms with van der Waals surface area (Å²) in [4.78, 5) is 2.61. The second-order valence-corrected chi connectivity index (χ2v) is 6.26. The standard InChI is InChI=1S/C16H25ClN2.2ClH/c1-13(2)3-8-16(19-11-9-18-10-12-19)14-4-6-15(17)7-5-14;;/h4-7,13,16,18H,3,8-12H2,1-2H3;2*1H/t16-;;/m1../s1. The molecule has 2 nitrogen and oxygen atoms in total. The maximum absolute atomic E-state index is 6.01. The summed E-state index contributed by atoms with van der Waals surface area (Å²) in [5, 5.41) is 4.26. The van der Waals surface area contributed by atoms with Crippen molar-refractivity contribution in [2.75, 3.05) is 26.2 Å². The Bertz CT molecular complexity index is 376. The van der Waals surface area contributed by atoms with Crippen LogP contribution in [0, 0.1) is 5.92 Å². The maximum atomic E-state index is 6.01. The van der Waals surface area contributed by atoms with Gasteiger partial charge in [0.2, 0.25) is 0 Å². The molecule has 0 saturated carbocycles. The minimum atomic E-state index is 0. The lowest BCUT2D eigenvalue weighted by Crippen LogP contribution is -2.45. The lowest BCUT2D eigenvalue weighted by Gasteiger charge is -2.35. The Morgan fingerprint density at radius 3 is 2.14 bits per heavy atom. The fourth-order valence-corrected chi connectivity index (χ4v) is 2.86. The number of hydrogen-bond acceptors (Lipinski definition) is 2. The van der Waals surface area contributed by atoms with Gasteiger partial charge in [0.1, 0.15) is 0 Å². The van der Waals surface area contributed by atoms with Crippen molar-refractivity contribution >= 4 is 36.4 Å². The molecule has 1 heterocycles. The highest BCUT2D eigenvalue weighted by Crippen LogP contribution is 2.28. The largest absolute Gasteiger partial charge is 0.314 e. The molecular formula is C16H27Cl3N2. The Balaban J connectivity index is 0.00000200. The van der Waals surface area contributed by atoms with Crippen molar-refractivity contribution in [1.82, 2.24) is 10.2 Å². The van der Waals surface area contributed by atoms with Crippen LogP contribution >= 0.6 is 36.4 Å². The number of benzene rings is 1. The Morgan fingerprint density at radius 2 is 1.62 bits per heavy atom. The second kappa shape index (κ2) is 10.7. The molecule has 0 aromatic heterocycles. The summed E-state index contributed by atoms with van der Waals surface area (Å²) in [5.41, 5.74) is 1.41. The molecule has 1 atom stereocenters. The highest BCUT2D eigenvalue weighted by Gasteiger charge is 2.22. The van der Waals surface area contributed by atoms with Gasteiger partial charge in [-0.25, -0.2) is 0 Å². The van der Waals surface area contributed by atoms with Crippen LogP contribution in [0.5, 0.6) is 0 Å². The molecule has 0 radical (unpaired) electrons. The molecule has 1 fully saturated rings. The first-order valence-electron chi connectivity index (χ1n) is 7.37. The van der Waals surface area contributed by atoms with E-state index in [-0.39, 0.29) is 24.8 Å². The van der Waals surface area contributed by atoms with Crippen LogP contribution in [0.15, 0.2) is 24.3 Å². The molecular weight excluding hydrogens is 327 g/mol. The Morgan fingerprint density at radius 1 is 1.05 bits per heavy atom. The number of rotatable bonds is 5. The van der Waals surface area contributed by atoms with Gasteiger partial charge in [0.05, 0.1) is 0 Å². The van der Waals surface area contributed by atoms with Crippen LogP contribution in [-0.4, -0.2) is 31.1 Å². The molecule has 1 aliphatic heterocycles. The van der Waals surface area contributed by atoms with Crippen LogP contribution in [0.2, 0.25) is 5.02 Å². The van der Waals surface area contributed by atoms with Gasteiger partial charge in [0.15, 0.2) is 0 Å². The predicted octanol–water partition coefficient (Wildman–Crippen LogP) is 4.57. The molecule has 1 aliphatic rings. The summed E-state index contributed by atoms with van der Waals surface area (Å²) in [7, 11) is 0. The monoisotopic (exact) mass is 352 g/mol. The van der Waals surface area contributed by atoms with Gasteiger partial charge in [0, 0.05) is 37.2 Å². The molecule has 1 saturated heterocycles. The number of hydrogen-bond donors (Lipinski definition) is 1. The van der Waals surface area contributed by atoms with Gasteiger partial charge >= 0.3 is 0 Å². The summed E-state index contributed by atoms with van der Waals surface area (Å²) >= 11 is 6.01. The van der Waals surface area contributed by atoms with Crippen molar-refractivity contribution in [3.05, 3.63) is 34.9 Å². The third-order valence-corrected chi connectivity index (χ3v) is 4.12. The molecule has 0 bridgehead atoms. The topological polar surface area (TPSA) is 15.3 Å². The second-order valence-electron chi connectivity index (χ2n) is 5.82. The van der Waals surface area contributed by atoms with E-state index in [9.17, 15) is 0 Å². The molecule has 2 rings (SSSR count). The highest BCUT2D eigenvalue weighted by atomic mass is 35.5. The van der Waals surface area contributed by atoms with Crippen molar-refractivity contribution in [1.29, 1.82) is 0 Å². The lowest BCUT2D eigenvalue weighted by molar-refractivity contribution is 0.160. The quantitative estimate of drug-likeness (QED) is 0.834. The fraction of sp³-hybridized carbons (Fsp3) is 0.625. The van der Waals surface area contributed by atoms with Gasteiger partial charge in [-0.1, -0.05) is 37.6 Å². The first kappa shape index (κ1) is 21.0. The van der Waals surface area contributed by atoms with Crippen LogP contribution in [0.3, 0.4) is 0 Å². The van der Waals surface area contributed by atoms with Crippen molar-refractivity contribution in [2.45, 2.75) is 32.7 Å². The molecule has 0 aliphatic carbocycles. The first-order chi connectivity index (χ1) is 9.16. The van der Waals surface area contributed by atoms with E-state index < -0.39 is 0 Å².